The molecular weight excluding hydrogens is 422 g/mol. The Morgan fingerprint density at radius 1 is 1.13 bits per heavy atom. The van der Waals surface area contributed by atoms with Crippen LogP contribution in [0.4, 0.5) is 0 Å². The SMILES string of the molecule is Cc1ccc(-n2c(SCC(=O)OC3CCS(=O)(=O)C3)nnc2-c2ccccc2)cc1. The number of benzene rings is 2. The monoisotopic (exact) mass is 443 g/mol. The van der Waals surface area contributed by atoms with Crippen LogP contribution in [0.3, 0.4) is 0 Å². The van der Waals surface area contributed by atoms with Gasteiger partial charge in [0.05, 0.1) is 17.3 Å². The largest absolute Gasteiger partial charge is 0.461 e. The van der Waals surface area contributed by atoms with E-state index in [0.29, 0.717) is 17.4 Å². The average Bonchev–Trinajstić information content (AvgIpc) is 3.30. The van der Waals surface area contributed by atoms with Crippen LogP contribution in [0.5, 0.6) is 0 Å². The molecule has 1 fully saturated rings. The number of esters is 1. The molecule has 2 heterocycles. The van der Waals surface area contributed by atoms with Crippen LogP contribution in [0.2, 0.25) is 0 Å². The maximum Gasteiger partial charge on any atom is 0.316 e. The summed E-state index contributed by atoms with van der Waals surface area (Å²) in [5.41, 5.74) is 2.94. The summed E-state index contributed by atoms with van der Waals surface area (Å²) in [5, 5.41) is 9.20. The molecule has 0 aliphatic carbocycles. The molecule has 0 amide bonds. The van der Waals surface area contributed by atoms with Gasteiger partial charge in [0.25, 0.3) is 0 Å². The number of ether oxygens (including phenoxy) is 1. The summed E-state index contributed by atoms with van der Waals surface area (Å²) in [6.07, 6.45) is -0.200. The van der Waals surface area contributed by atoms with Gasteiger partial charge in [0.15, 0.2) is 20.8 Å². The predicted molar refractivity (Wildman–Crippen MR) is 115 cm³/mol. The minimum Gasteiger partial charge on any atom is -0.461 e. The molecule has 1 unspecified atom stereocenters. The zero-order chi connectivity index (χ0) is 21.1. The van der Waals surface area contributed by atoms with Gasteiger partial charge in [-0.25, -0.2) is 8.42 Å². The first-order chi connectivity index (χ1) is 14.4. The molecule has 9 heteroatoms. The van der Waals surface area contributed by atoms with Crippen LogP contribution in [-0.4, -0.2) is 52.5 Å². The van der Waals surface area contributed by atoms with Gasteiger partial charge in [-0.05, 0) is 25.5 Å². The lowest BCUT2D eigenvalue weighted by Gasteiger charge is -2.12. The molecule has 1 aromatic heterocycles. The highest BCUT2D eigenvalue weighted by Crippen LogP contribution is 2.28. The number of aryl methyl sites for hydroxylation is 1. The van der Waals surface area contributed by atoms with E-state index >= 15 is 0 Å². The van der Waals surface area contributed by atoms with Crippen LogP contribution in [-0.2, 0) is 19.4 Å². The standard InChI is InChI=1S/C21H21N3O4S2/c1-15-7-9-17(10-8-15)24-20(16-5-3-2-4-6-16)22-23-21(24)29-13-19(25)28-18-11-12-30(26,27)14-18/h2-10,18H,11-14H2,1H3. The van der Waals surface area contributed by atoms with Crippen molar-refractivity contribution >= 4 is 27.6 Å². The number of hydrogen-bond acceptors (Lipinski definition) is 7. The normalized spacial score (nSPS) is 17.7. The lowest BCUT2D eigenvalue weighted by atomic mass is 10.2. The Bertz CT molecular complexity index is 1140. The summed E-state index contributed by atoms with van der Waals surface area (Å²) in [6.45, 7) is 2.02. The number of hydrogen-bond donors (Lipinski definition) is 0. The fraction of sp³-hybridized carbons (Fsp3) is 0.286. The van der Waals surface area contributed by atoms with Crippen LogP contribution >= 0.6 is 11.8 Å². The Kier molecular flexibility index (Phi) is 5.92. The zero-order valence-corrected chi connectivity index (χ0v) is 18.0. The van der Waals surface area contributed by atoms with E-state index in [1.807, 2.05) is 66.1 Å². The molecule has 3 aromatic rings. The maximum absolute atomic E-state index is 12.3. The van der Waals surface area contributed by atoms with E-state index in [4.69, 9.17) is 4.74 Å². The Balaban J connectivity index is 1.55. The third kappa shape index (κ3) is 4.73. The van der Waals surface area contributed by atoms with Crippen molar-refractivity contribution in [1.82, 2.24) is 14.8 Å². The molecule has 1 atom stereocenters. The molecule has 4 rings (SSSR count). The lowest BCUT2D eigenvalue weighted by molar-refractivity contribution is -0.144. The molecule has 2 aromatic carbocycles. The molecule has 0 N–H and O–H groups in total. The molecule has 156 valence electrons. The van der Waals surface area contributed by atoms with Crippen LogP contribution in [0.15, 0.2) is 59.8 Å². The molecule has 0 spiro atoms. The van der Waals surface area contributed by atoms with E-state index < -0.39 is 21.9 Å². The Labute approximate surface area is 179 Å². The summed E-state index contributed by atoms with van der Waals surface area (Å²) in [4.78, 5) is 12.3. The highest BCUT2D eigenvalue weighted by atomic mass is 32.2. The summed E-state index contributed by atoms with van der Waals surface area (Å²) in [7, 11) is -3.09. The molecule has 1 aliphatic rings. The van der Waals surface area contributed by atoms with Gasteiger partial charge in [-0.3, -0.25) is 9.36 Å². The molecule has 1 saturated heterocycles. The molecule has 30 heavy (non-hydrogen) atoms. The number of carbonyl (C=O) groups is 1. The van der Waals surface area contributed by atoms with Crippen LogP contribution in [0, 0.1) is 6.92 Å². The Hall–Kier alpha value is -2.65. The first-order valence-corrected chi connectivity index (χ1v) is 12.3. The second-order valence-corrected chi connectivity index (χ2v) is 10.3. The first kappa shape index (κ1) is 20.6. The van der Waals surface area contributed by atoms with Crippen molar-refractivity contribution in [2.75, 3.05) is 17.3 Å². The van der Waals surface area contributed by atoms with Gasteiger partial charge in [-0.15, -0.1) is 10.2 Å². The van der Waals surface area contributed by atoms with Crippen molar-refractivity contribution in [3.63, 3.8) is 0 Å². The number of nitrogens with zero attached hydrogens (tertiary/aromatic N) is 3. The molecule has 1 aliphatic heterocycles. The van der Waals surface area contributed by atoms with Crippen LogP contribution < -0.4 is 0 Å². The first-order valence-electron chi connectivity index (χ1n) is 9.52. The quantitative estimate of drug-likeness (QED) is 0.427. The van der Waals surface area contributed by atoms with Crippen molar-refractivity contribution in [3.05, 3.63) is 60.2 Å². The fourth-order valence-corrected chi connectivity index (χ4v) is 5.59. The minimum atomic E-state index is -3.09. The van der Waals surface area contributed by atoms with Crippen molar-refractivity contribution in [1.29, 1.82) is 0 Å². The van der Waals surface area contributed by atoms with E-state index in [1.54, 1.807) is 0 Å². The van der Waals surface area contributed by atoms with Crippen molar-refractivity contribution < 1.29 is 17.9 Å². The van der Waals surface area contributed by atoms with Gasteiger partial charge in [0.1, 0.15) is 6.10 Å². The van der Waals surface area contributed by atoms with Gasteiger partial charge in [0.2, 0.25) is 0 Å². The minimum absolute atomic E-state index is 0.0231. The summed E-state index contributed by atoms with van der Waals surface area (Å²) < 4.78 is 30.3. The smallest absolute Gasteiger partial charge is 0.316 e. The maximum atomic E-state index is 12.3. The van der Waals surface area contributed by atoms with Crippen molar-refractivity contribution in [2.45, 2.75) is 24.6 Å². The second kappa shape index (κ2) is 8.61. The van der Waals surface area contributed by atoms with Gasteiger partial charge in [-0.2, -0.15) is 0 Å². The number of thioether (sulfide) groups is 1. The average molecular weight is 444 g/mol. The topological polar surface area (TPSA) is 91.2 Å². The fourth-order valence-electron chi connectivity index (χ4n) is 3.26. The predicted octanol–water partition coefficient (Wildman–Crippen LogP) is 3.07. The lowest BCUT2D eigenvalue weighted by Crippen LogP contribution is -2.20. The van der Waals surface area contributed by atoms with Crippen LogP contribution in [0.1, 0.15) is 12.0 Å². The third-order valence-corrected chi connectivity index (χ3v) is 7.41. The third-order valence-electron chi connectivity index (χ3n) is 4.77. The highest BCUT2D eigenvalue weighted by molar-refractivity contribution is 7.99. The van der Waals surface area contributed by atoms with E-state index in [0.717, 1.165) is 16.8 Å². The molecule has 7 nitrogen and oxygen atoms in total. The Morgan fingerprint density at radius 2 is 1.87 bits per heavy atom. The number of aromatic nitrogens is 3. The highest BCUT2D eigenvalue weighted by Gasteiger charge is 2.30. The van der Waals surface area contributed by atoms with Crippen LogP contribution in [0.25, 0.3) is 17.1 Å². The number of carbonyl (C=O) groups excluding carboxylic acids is 1. The molecule has 0 bridgehead atoms. The van der Waals surface area contributed by atoms with Gasteiger partial charge in [-0.1, -0.05) is 59.8 Å². The molecule has 0 radical (unpaired) electrons. The number of sulfone groups is 1. The van der Waals surface area contributed by atoms with Gasteiger partial charge < -0.3 is 4.74 Å². The zero-order valence-electron chi connectivity index (χ0n) is 16.4. The number of rotatable bonds is 6. The molecular formula is C21H21N3O4S2. The van der Waals surface area contributed by atoms with E-state index in [1.165, 1.54) is 11.8 Å². The Morgan fingerprint density at radius 3 is 2.53 bits per heavy atom. The van der Waals surface area contributed by atoms with Gasteiger partial charge >= 0.3 is 5.97 Å². The van der Waals surface area contributed by atoms with Crippen molar-refractivity contribution in [3.8, 4) is 17.1 Å². The van der Waals surface area contributed by atoms with E-state index in [2.05, 4.69) is 10.2 Å². The van der Waals surface area contributed by atoms with Crippen molar-refractivity contribution in [2.24, 2.45) is 0 Å². The summed E-state index contributed by atoms with van der Waals surface area (Å²) in [6, 6.07) is 17.7. The van der Waals surface area contributed by atoms with E-state index in [-0.39, 0.29) is 17.3 Å². The van der Waals surface area contributed by atoms with E-state index in [9.17, 15) is 13.2 Å². The summed E-state index contributed by atoms with van der Waals surface area (Å²) >= 11 is 1.22. The molecule has 0 saturated carbocycles. The summed E-state index contributed by atoms with van der Waals surface area (Å²) in [5.74, 6) is 0.218. The second-order valence-electron chi connectivity index (χ2n) is 7.15. The van der Waals surface area contributed by atoms with Gasteiger partial charge in [0, 0.05) is 11.3 Å².